The van der Waals surface area contributed by atoms with E-state index in [2.05, 4.69) is 48.4 Å². The largest absolute Gasteiger partial charge is 0.367 e. The van der Waals surface area contributed by atoms with Crippen molar-refractivity contribution in [1.82, 2.24) is 24.6 Å². The van der Waals surface area contributed by atoms with Crippen molar-refractivity contribution in [2.45, 2.75) is 20.3 Å². The summed E-state index contributed by atoms with van der Waals surface area (Å²) in [4.78, 5) is 26.4. The van der Waals surface area contributed by atoms with Gasteiger partial charge in [0.05, 0.1) is 22.6 Å². The predicted octanol–water partition coefficient (Wildman–Crippen LogP) is 3.90. The first-order chi connectivity index (χ1) is 17.6. The van der Waals surface area contributed by atoms with Crippen LogP contribution in [-0.4, -0.2) is 63.3 Å². The fourth-order valence-corrected chi connectivity index (χ4v) is 4.61. The number of carbonyl (C=O) groups is 1. The summed E-state index contributed by atoms with van der Waals surface area (Å²) < 4.78 is 1.78. The summed E-state index contributed by atoms with van der Waals surface area (Å²) in [6.45, 7) is 8.79. The quantitative estimate of drug-likeness (QED) is 0.431. The van der Waals surface area contributed by atoms with E-state index in [0.29, 0.717) is 11.4 Å². The van der Waals surface area contributed by atoms with E-state index in [-0.39, 0.29) is 5.91 Å². The van der Waals surface area contributed by atoms with E-state index < -0.39 is 0 Å². The van der Waals surface area contributed by atoms with Gasteiger partial charge in [0.1, 0.15) is 0 Å². The first-order valence-electron chi connectivity index (χ1n) is 12.3. The summed E-state index contributed by atoms with van der Waals surface area (Å²) >= 11 is 0. The van der Waals surface area contributed by atoms with E-state index in [1.54, 1.807) is 16.9 Å². The number of carbonyl (C=O) groups excluding carboxylic acids is 1. The van der Waals surface area contributed by atoms with Crippen molar-refractivity contribution in [2.75, 3.05) is 42.9 Å². The molecule has 1 amide bonds. The van der Waals surface area contributed by atoms with E-state index in [0.717, 1.165) is 61.9 Å². The normalized spacial score (nSPS) is 14.1. The maximum Gasteiger partial charge on any atom is 0.257 e. The van der Waals surface area contributed by atoms with Gasteiger partial charge in [0.2, 0.25) is 0 Å². The standard InChI is InChI=1S/C28H31N7O/c1-21-19-22(2)35(32-21)27-8-7-24(20-30-27)28(36)31-25-5-3-4-6-26(25)34-17-15-33(16-18-34)14-11-23-9-12-29-13-10-23/h3-10,12-13,19-20H,11,14-18H2,1-2H3,(H,31,36). The number of rotatable bonds is 7. The Morgan fingerprint density at radius 2 is 1.75 bits per heavy atom. The van der Waals surface area contributed by atoms with Crippen LogP contribution in [0.3, 0.4) is 0 Å². The molecule has 0 saturated carbocycles. The average molecular weight is 482 g/mol. The highest BCUT2D eigenvalue weighted by Gasteiger charge is 2.20. The van der Waals surface area contributed by atoms with Gasteiger partial charge in [0, 0.05) is 57.0 Å². The van der Waals surface area contributed by atoms with Crippen LogP contribution in [0.4, 0.5) is 11.4 Å². The molecule has 36 heavy (non-hydrogen) atoms. The van der Waals surface area contributed by atoms with Crippen LogP contribution in [0.25, 0.3) is 5.82 Å². The molecule has 4 heterocycles. The van der Waals surface area contributed by atoms with Crippen molar-refractivity contribution in [2.24, 2.45) is 0 Å². The van der Waals surface area contributed by atoms with Gasteiger partial charge in [0.15, 0.2) is 5.82 Å². The summed E-state index contributed by atoms with van der Waals surface area (Å²) in [6, 6.07) is 17.8. The molecule has 5 rings (SSSR count). The van der Waals surface area contributed by atoms with E-state index in [9.17, 15) is 4.79 Å². The molecule has 8 nitrogen and oxygen atoms in total. The zero-order valence-corrected chi connectivity index (χ0v) is 20.8. The Hall–Kier alpha value is -4.04. The maximum atomic E-state index is 13.0. The molecular formula is C28H31N7O. The first kappa shape index (κ1) is 23.7. The van der Waals surface area contributed by atoms with Gasteiger partial charge in [-0.1, -0.05) is 12.1 Å². The Balaban J connectivity index is 1.20. The van der Waals surface area contributed by atoms with E-state index in [4.69, 9.17) is 0 Å². The molecule has 1 aromatic carbocycles. The third-order valence-corrected chi connectivity index (χ3v) is 6.57. The molecular weight excluding hydrogens is 450 g/mol. The van der Waals surface area contributed by atoms with E-state index in [1.165, 1.54) is 5.56 Å². The van der Waals surface area contributed by atoms with Crippen molar-refractivity contribution < 1.29 is 4.79 Å². The molecule has 1 fully saturated rings. The number of pyridine rings is 2. The number of anilines is 2. The second-order valence-electron chi connectivity index (χ2n) is 9.15. The lowest BCUT2D eigenvalue weighted by Gasteiger charge is -2.37. The lowest BCUT2D eigenvalue weighted by atomic mass is 10.1. The molecule has 0 atom stereocenters. The summed E-state index contributed by atoms with van der Waals surface area (Å²) in [5.74, 6) is 0.519. The Bertz CT molecular complexity index is 1310. The highest BCUT2D eigenvalue weighted by atomic mass is 16.1. The number of hydrogen-bond acceptors (Lipinski definition) is 6. The number of amides is 1. The number of nitrogens with zero attached hydrogens (tertiary/aromatic N) is 6. The molecule has 4 aromatic rings. The number of nitrogens with one attached hydrogen (secondary N) is 1. The van der Waals surface area contributed by atoms with Gasteiger partial charge in [-0.15, -0.1) is 0 Å². The molecule has 1 aliphatic heterocycles. The van der Waals surface area contributed by atoms with Crippen molar-refractivity contribution in [3.63, 3.8) is 0 Å². The monoisotopic (exact) mass is 481 g/mol. The van der Waals surface area contributed by atoms with Crippen LogP contribution in [0.2, 0.25) is 0 Å². The molecule has 0 radical (unpaired) electrons. The summed E-state index contributed by atoms with van der Waals surface area (Å²) in [5.41, 5.74) is 5.63. The van der Waals surface area contributed by atoms with Gasteiger partial charge in [0.25, 0.3) is 5.91 Å². The minimum absolute atomic E-state index is 0.175. The van der Waals surface area contributed by atoms with Gasteiger partial charge in [-0.2, -0.15) is 5.10 Å². The molecule has 8 heteroatoms. The molecule has 3 aromatic heterocycles. The summed E-state index contributed by atoms with van der Waals surface area (Å²) in [5, 5.41) is 7.55. The Morgan fingerprint density at radius 1 is 0.972 bits per heavy atom. The second kappa shape index (κ2) is 10.7. The van der Waals surface area contributed by atoms with Crippen LogP contribution in [0.1, 0.15) is 27.3 Å². The van der Waals surface area contributed by atoms with E-state index >= 15 is 0 Å². The minimum Gasteiger partial charge on any atom is -0.367 e. The van der Waals surface area contributed by atoms with Gasteiger partial charge in [-0.05, 0) is 68.3 Å². The molecule has 184 valence electrons. The third kappa shape index (κ3) is 5.44. The molecule has 1 aliphatic rings. The van der Waals surface area contributed by atoms with Crippen molar-refractivity contribution >= 4 is 17.3 Å². The lowest BCUT2D eigenvalue weighted by Crippen LogP contribution is -2.47. The average Bonchev–Trinajstić information content (AvgIpc) is 3.26. The molecule has 0 aliphatic carbocycles. The highest BCUT2D eigenvalue weighted by molar-refractivity contribution is 6.05. The molecule has 1 saturated heterocycles. The van der Waals surface area contributed by atoms with Crippen molar-refractivity contribution in [3.05, 3.63) is 95.7 Å². The molecule has 0 bridgehead atoms. The van der Waals surface area contributed by atoms with Gasteiger partial charge < -0.3 is 10.2 Å². The number of aryl methyl sites for hydroxylation is 2. The number of piperazine rings is 1. The molecule has 0 unspecified atom stereocenters. The number of benzene rings is 1. The van der Waals surface area contributed by atoms with Gasteiger partial charge in [-0.25, -0.2) is 9.67 Å². The van der Waals surface area contributed by atoms with Crippen LogP contribution in [0.15, 0.2) is 73.2 Å². The second-order valence-corrected chi connectivity index (χ2v) is 9.15. The van der Waals surface area contributed by atoms with Gasteiger partial charge >= 0.3 is 0 Å². The van der Waals surface area contributed by atoms with Crippen molar-refractivity contribution in [3.8, 4) is 5.82 Å². The Morgan fingerprint density at radius 3 is 2.44 bits per heavy atom. The Kier molecular flexibility index (Phi) is 7.04. The molecule has 0 spiro atoms. The fraction of sp³-hybridized carbons (Fsp3) is 0.286. The smallest absolute Gasteiger partial charge is 0.257 e. The van der Waals surface area contributed by atoms with Gasteiger partial charge in [-0.3, -0.25) is 14.7 Å². The maximum absolute atomic E-state index is 13.0. The zero-order valence-electron chi connectivity index (χ0n) is 20.8. The van der Waals surface area contributed by atoms with Crippen LogP contribution in [0.5, 0.6) is 0 Å². The number of hydrogen-bond donors (Lipinski definition) is 1. The summed E-state index contributed by atoms with van der Waals surface area (Å²) in [6.07, 6.45) is 6.33. The van der Waals surface area contributed by atoms with Crippen LogP contribution >= 0.6 is 0 Å². The van der Waals surface area contributed by atoms with Crippen molar-refractivity contribution in [1.29, 1.82) is 0 Å². The predicted molar refractivity (Wildman–Crippen MR) is 142 cm³/mol. The summed E-state index contributed by atoms with van der Waals surface area (Å²) in [7, 11) is 0. The third-order valence-electron chi connectivity index (χ3n) is 6.57. The van der Waals surface area contributed by atoms with Crippen LogP contribution in [-0.2, 0) is 6.42 Å². The fourth-order valence-electron chi connectivity index (χ4n) is 4.61. The topological polar surface area (TPSA) is 79.2 Å². The number of aromatic nitrogens is 4. The Labute approximate surface area is 211 Å². The number of para-hydroxylation sites is 2. The zero-order chi connectivity index (χ0) is 24.9. The minimum atomic E-state index is -0.175. The van der Waals surface area contributed by atoms with Crippen LogP contribution < -0.4 is 10.2 Å². The van der Waals surface area contributed by atoms with E-state index in [1.807, 2.05) is 56.6 Å². The first-order valence-corrected chi connectivity index (χ1v) is 12.3. The van der Waals surface area contributed by atoms with Crippen LogP contribution in [0, 0.1) is 13.8 Å². The lowest BCUT2D eigenvalue weighted by molar-refractivity contribution is 0.102. The SMILES string of the molecule is Cc1cc(C)n(-c2ccc(C(=O)Nc3ccccc3N3CCN(CCc4ccncc4)CC3)cn2)n1. The highest BCUT2D eigenvalue weighted by Crippen LogP contribution is 2.27. The molecule has 1 N–H and O–H groups in total.